The van der Waals surface area contributed by atoms with Crippen molar-refractivity contribution in [2.24, 2.45) is 5.92 Å². The summed E-state index contributed by atoms with van der Waals surface area (Å²) in [5.41, 5.74) is 0. The Kier molecular flexibility index (Phi) is 8.71. The number of carboxylic acids is 1. The van der Waals surface area contributed by atoms with E-state index in [-0.39, 0.29) is 37.4 Å². The quantitative estimate of drug-likeness (QED) is 0.739. The predicted molar refractivity (Wildman–Crippen MR) is 73.5 cm³/mol. The van der Waals surface area contributed by atoms with Gasteiger partial charge in [-0.2, -0.15) is 0 Å². The fourth-order valence-corrected chi connectivity index (χ4v) is 2.07. The molecule has 0 aromatic carbocycles. The van der Waals surface area contributed by atoms with Crippen molar-refractivity contribution < 1.29 is 19.4 Å². The number of hydrogen-bond acceptors (Lipinski definition) is 4. The Balaban J connectivity index is 0.00000324. The Hall–Kier alpha value is -0.850. The van der Waals surface area contributed by atoms with Crippen molar-refractivity contribution in [3.63, 3.8) is 0 Å². The molecular weight excluding hydrogens is 272 g/mol. The Morgan fingerprint density at radius 3 is 2.74 bits per heavy atom. The molecule has 0 aromatic heterocycles. The summed E-state index contributed by atoms with van der Waals surface area (Å²) in [7, 11) is 0. The lowest BCUT2D eigenvalue weighted by Gasteiger charge is -2.35. The van der Waals surface area contributed by atoms with Gasteiger partial charge in [0, 0.05) is 12.6 Å². The number of halogens is 1. The molecule has 1 unspecified atom stereocenters. The molecule has 0 saturated carbocycles. The highest BCUT2D eigenvalue weighted by molar-refractivity contribution is 5.85. The Labute approximate surface area is 119 Å². The van der Waals surface area contributed by atoms with Crippen molar-refractivity contribution in [1.82, 2.24) is 10.2 Å². The first-order valence-electron chi connectivity index (χ1n) is 6.29. The fraction of sp³-hybridized carbons (Fsp3) is 0.833. The van der Waals surface area contributed by atoms with E-state index in [4.69, 9.17) is 9.84 Å². The standard InChI is InChI=1S/C12H22N2O4.ClH/c1-9(2)5-10-8-18-4-3-14(10)7-11(15)13-6-12(16)17;/h9-10H,3-8H2,1-2H3,(H,13,15)(H,16,17);1H. The van der Waals surface area contributed by atoms with Crippen LogP contribution in [0.4, 0.5) is 0 Å². The summed E-state index contributed by atoms with van der Waals surface area (Å²) in [4.78, 5) is 24.0. The van der Waals surface area contributed by atoms with Gasteiger partial charge in [-0.05, 0) is 12.3 Å². The number of rotatable bonds is 6. The third kappa shape index (κ3) is 7.34. The van der Waals surface area contributed by atoms with Crippen molar-refractivity contribution in [2.75, 3.05) is 32.8 Å². The van der Waals surface area contributed by atoms with E-state index < -0.39 is 5.97 Å². The zero-order valence-electron chi connectivity index (χ0n) is 11.4. The third-order valence-corrected chi connectivity index (χ3v) is 2.88. The van der Waals surface area contributed by atoms with Gasteiger partial charge >= 0.3 is 5.97 Å². The fourth-order valence-electron chi connectivity index (χ4n) is 2.07. The number of morpholine rings is 1. The van der Waals surface area contributed by atoms with E-state index >= 15 is 0 Å². The normalized spacial score (nSPS) is 19.8. The van der Waals surface area contributed by atoms with Crippen LogP contribution >= 0.6 is 12.4 Å². The smallest absolute Gasteiger partial charge is 0.322 e. The number of nitrogens with one attached hydrogen (secondary N) is 1. The van der Waals surface area contributed by atoms with Gasteiger partial charge in [0.25, 0.3) is 0 Å². The predicted octanol–water partition coefficient (Wildman–Crippen LogP) is 0.356. The van der Waals surface area contributed by atoms with E-state index in [0.717, 1.165) is 13.0 Å². The molecule has 1 heterocycles. The molecule has 1 atom stereocenters. The molecule has 2 N–H and O–H groups in total. The van der Waals surface area contributed by atoms with Gasteiger partial charge in [0.05, 0.1) is 19.8 Å². The third-order valence-electron chi connectivity index (χ3n) is 2.88. The molecule has 0 bridgehead atoms. The van der Waals surface area contributed by atoms with Crippen LogP contribution in [0.3, 0.4) is 0 Å². The molecule has 0 aromatic rings. The molecule has 1 aliphatic heterocycles. The number of carbonyl (C=O) groups excluding carboxylic acids is 1. The van der Waals surface area contributed by atoms with Gasteiger partial charge in [-0.25, -0.2) is 0 Å². The lowest BCUT2D eigenvalue weighted by molar-refractivity contribution is -0.138. The number of aliphatic carboxylic acids is 1. The minimum atomic E-state index is -1.02. The van der Waals surface area contributed by atoms with Crippen LogP contribution in [0.25, 0.3) is 0 Å². The van der Waals surface area contributed by atoms with Crippen molar-refractivity contribution >= 4 is 24.3 Å². The highest BCUT2D eigenvalue weighted by atomic mass is 35.5. The van der Waals surface area contributed by atoms with Crippen molar-refractivity contribution in [3.8, 4) is 0 Å². The number of carboxylic acid groups (broad SMARTS) is 1. The van der Waals surface area contributed by atoms with Crippen molar-refractivity contribution in [1.29, 1.82) is 0 Å². The van der Waals surface area contributed by atoms with Gasteiger partial charge in [0.1, 0.15) is 6.54 Å². The molecule has 0 spiro atoms. The average molecular weight is 295 g/mol. The monoisotopic (exact) mass is 294 g/mol. The maximum absolute atomic E-state index is 11.6. The molecule has 0 radical (unpaired) electrons. The van der Waals surface area contributed by atoms with Crippen LogP contribution in [-0.4, -0.2) is 60.8 Å². The lowest BCUT2D eigenvalue weighted by atomic mass is 10.0. The first-order valence-corrected chi connectivity index (χ1v) is 6.29. The van der Waals surface area contributed by atoms with E-state index in [0.29, 0.717) is 19.1 Å². The summed E-state index contributed by atoms with van der Waals surface area (Å²) in [6.07, 6.45) is 0.978. The zero-order valence-corrected chi connectivity index (χ0v) is 12.2. The molecule has 1 fully saturated rings. The molecule has 6 nitrogen and oxygen atoms in total. The Morgan fingerprint density at radius 1 is 1.47 bits per heavy atom. The topological polar surface area (TPSA) is 78.9 Å². The number of nitrogens with zero attached hydrogens (tertiary/aromatic N) is 1. The Bertz CT molecular complexity index is 299. The van der Waals surface area contributed by atoms with Crippen LogP contribution in [0, 0.1) is 5.92 Å². The number of amides is 1. The molecule has 112 valence electrons. The van der Waals surface area contributed by atoms with Gasteiger partial charge in [0.2, 0.25) is 5.91 Å². The second-order valence-electron chi connectivity index (χ2n) is 5.00. The van der Waals surface area contributed by atoms with Crippen LogP contribution in [0.1, 0.15) is 20.3 Å². The average Bonchev–Trinajstić information content (AvgIpc) is 2.28. The molecule has 1 aliphatic rings. The first kappa shape index (κ1) is 18.1. The summed E-state index contributed by atoms with van der Waals surface area (Å²) >= 11 is 0. The maximum Gasteiger partial charge on any atom is 0.322 e. The van der Waals surface area contributed by atoms with Crippen LogP contribution in [-0.2, 0) is 14.3 Å². The van der Waals surface area contributed by atoms with Gasteiger partial charge in [-0.3, -0.25) is 14.5 Å². The van der Waals surface area contributed by atoms with Crippen molar-refractivity contribution in [3.05, 3.63) is 0 Å². The van der Waals surface area contributed by atoms with Gasteiger partial charge < -0.3 is 15.2 Å². The minimum absolute atomic E-state index is 0. The SMILES string of the molecule is CC(C)CC1COCCN1CC(=O)NCC(=O)O.Cl. The number of hydrogen-bond donors (Lipinski definition) is 2. The van der Waals surface area contributed by atoms with Crippen LogP contribution in [0.5, 0.6) is 0 Å². The molecule has 19 heavy (non-hydrogen) atoms. The molecule has 0 aliphatic carbocycles. The number of ether oxygens (including phenoxy) is 1. The second-order valence-corrected chi connectivity index (χ2v) is 5.00. The molecular formula is C12H23ClN2O4. The lowest BCUT2D eigenvalue weighted by Crippen LogP contribution is -2.50. The van der Waals surface area contributed by atoms with E-state index in [1.54, 1.807) is 0 Å². The largest absolute Gasteiger partial charge is 0.480 e. The van der Waals surface area contributed by atoms with Crippen LogP contribution in [0.15, 0.2) is 0 Å². The van der Waals surface area contributed by atoms with Gasteiger partial charge in [-0.1, -0.05) is 13.8 Å². The van der Waals surface area contributed by atoms with E-state index in [9.17, 15) is 9.59 Å². The highest BCUT2D eigenvalue weighted by Crippen LogP contribution is 2.15. The molecule has 1 amide bonds. The zero-order chi connectivity index (χ0) is 13.5. The van der Waals surface area contributed by atoms with Crippen LogP contribution < -0.4 is 5.32 Å². The summed E-state index contributed by atoms with van der Waals surface area (Å²) in [5, 5.41) is 10.9. The second kappa shape index (κ2) is 9.12. The van der Waals surface area contributed by atoms with E-state index in [1.807, 2.05) is 0 Å². The molecule has 1 saturated heterocycles. The maximum atomic E-state index is 11.6. The highest BCUT2D eigenvalue weighted by Gasteiger charge is 2.25. The van der Waals surface area contributed by atoms with Gasteiger partial charge in [-0.15, -0.1) is 12.4 Å². The molecule has 1 rings (SSSR count). The minimum Gasteiger partial charge on any atom is -0.480 e. The van der Waals surface area contributed by atoms with E-state index in [2.05, 4.69) is 24.1 Å². The van der Waals surface area contributed by atoms with Crippen molar-refractivity contribution in [2.45, 2.75) is 26.3 Å². The molecule has 7 heteroatoms. The summed E-state index contributed by atoms with van der Waals surface area (Å²) in [6.45, 7) is 6.18. The number of carbonyl (C=O) groups is 2. The van der Waals surface area contributed by atoms with Crippen LogP contribution in [0.2, 0.25) is 0 Å². The summed E-state index contributed by atoms with van der Waals surface area (Å²) in [5.74, 6) is -0.724. The first-order chi connectivity index (χ1) is 8.49. The summed E-state index contributed by atoms with van der Waals surface area (Å²) < 4.78 is 5.43. The van der Waals surface area contributed by atoms with E-state index in [1.165, 1.54) is 0 Å². The van der Waals surface area contributed by atoms with Gasteiger partial charge in [0.15, 0.2) is 0 Å². The Morgan fingerprint density at radius 2 is 2.16 bits per heavy atom. The summed E-state index contributed by atoms with van der Waals surface area (Å²) in [6, 6.07) is 0.245.